The SMILES string of the molecule is CC(C)(C)OC1(Nc2cn(-c3cncc(Cl)c3)nc2Cl)CO1. The summed E-state index contributed by atoms with van der Waals surface area (Å²) in [6.07, 6.45) is 4.94. The van der Waals surface area contributed by atoms with Gasteiger partial charge in [-0.05, 0) is 26.8 Å². The first-order chi connectivity index (χ1) is 10.3. The van der Waals surface area contributed by atoms with Gasteiger partial charge in [0.25, 0.3) is 5.91 Å². The standard InChI is InChI=1S/C14H16Cl2N4O2/c1-13(2,3)22-14(8-21-14)18-11-7-20(19-12(11)16)10-4-9(15)5-17-6-10/h4-7,18H,8H2,1-3H3. The van der Waals surface area contributed by atoms with E-state index in [1.54, 1.807) is 29.3 Å². The molecule has 1 fully saturated rings. The highest BCUT2D eigenvalue weighted by Gasteiger charge is 2.50. The Balaban J connectivity index is 1.82. The molecular weight excluding hydrogens is 327 g/mol. The molecular formula is C14H16Cl2N4O2. The van der Waals surface area contributed by atoms with Crippen molar-refractivity contribution in [2.45, 2.75) is 32.3 Å². The quantitative estimate of drug-likeness (QED) is 0.680. The molecule has 1 atom stereocenters. The summed E-state index contributed by atoms with van der Waals surface area (Å²) in [6.45, 7) is 6.33. The van der Waals surface area contributed by atoms with Gasteiger partial charge in [0.2, 0.25) is 0 Å². The molecule has 1 aliphatic heterocycles. The second-order valence-electron chi connectivity index (χ2n) is 6.02. The highest BCUT2D eigenvalue weighted by Crippen LogP contribution is 2.36. The van der Waals surface area contributed by atoms with Gasteiger partial charge in [-0.1, -0.05) is 23.2 Å². The van der Waals surface area contributed by atoms with Gasteiger partial charge in [0.1, 0.15) is 6.61 Å². The van der Waals surface area contributed by atoms with Gasteiger partial charge in [0.05, 0.1) is 34.4 Å². The molecule has 0 saturated carbocycles. The Kier molecular flexibility index (Phi) is 3.81. The second-order valence-corrected chi connectivity index (χ2v) is 6.81. The fraction of sp³-hybridized carbons (Fsp3) is 0.429. The molecule has 0 bridgehead atoms. The summed E-state index contributed by atoms with van der Waals surface area (Å²) in [5.74, 6) is -0.845. The molecule has 2 aromatic heterocycles. The van der Waals surface area contributed by atoms with Gasteiger partial charge < -0.3 is 14.8 Å². The van der Waals surface area contributed by atoms with Crippen LogP contribution in [0.15, 0.2) is 24.7 Å². The van der Waals surface area contributed by atoms with E-state index in [0.717, 1.165) is 0 Å². The third-order valence-corrected chi connectivity index (χ3v) is 3.31. The van der Waals surface area contributed by atoms with Crippen LogP contribution in [0.3, 0.4) is 0 Å². The summed E-state index contributed by atoms with van der Waals surface area (Å²) in [5, 5.41) is 8.22. The van der Waals surface area contributed by atoms with E-state index in [1.807, 2.05) is 20.8 Å². The number of hydrogen-bond donors (Lipinski definition) is 1. The Hall–Kier alpha value is -1.34. The zero-order valence-corrected chi connectivity index (χ0v) is 13.9. The fourth-order valence-electron chi connectivity index (χ4n) is 2.02. The first-order valence-electron chi connectivity index (χ1n) is 6.75. The van der Waals surface area contributed by atoms with Gasteiger partial charge in [-0.15, -0.1) is 0 Å². The van der Waals surface area contributed by atoms with Gasteiger partial charge in [0, 0.05) is 6.20 Å². The molecule has 1 unspecified atom stereocenters. The lowest BCUT2D eigenvalue weighted by Gasteiger charge is -2.25. The van der Waals surface area contributed by atoms with Crippen molar-refractivity contribution in [2.75, 3.05) is 11.9 Å². The fourth-order valence-corrected chi connectivity index (χ4v) is 2.36. The Morgan fingerprint density at radius 1 is 1.36 bits per heavy atom. The molecule has 22 heavy (non-hydrogen) atoms. The molecule has 1 aliphatic rings. The van der Waals surface area contributed by atoms with E-state index in [0.29, 0.717) is 28.2 Å². The van der Waals surface area contributed by atoms with E-state index in [-0.39, 0.29) is 5.60 Å². The Bertz CT molecular complexity index is 692. The normalized spacial score (nSPS) is 21.0. The zero-order chi connectivity index (χ0) is 16.0. The monoisotopic (exact) mass is 342 g/mol. The van der Waals surface area contributed by atoms with Crippen molar-refractivity contribution in [3.8, 4) is 5.69 Å². The topological polar surface area (TPSA) is 64.5 Å². The first-order valence-corrected chi connectivity index (χ1v) is 7.50. The third-order valence-electron chi connectivity index (χ3n) is 2.83. The van der Waals surface area contributed by atoms with Gasteiger partial charge in [-0.25, -0.2) is 4.68 Å². The summed E-state index contributed by atoms with van der Waals surface area (Å²) in [5.41, 5.74) is 0.983. The molecule has 3 rings (SSSR count). The molecule has 0 radical (unpaired) electrons. The first kappa shape index (κ1) is 15.6. The van der Waals surface area contributed by atoms with Crippen LogP contribution in [0, 0.1) is 0 Å². The van der Waals surface area contributed by atoms with E-state index < -0.39 is 5.91 Å². The van der Waals surface area contributed by atoms with E-state index in [1.165, 1.54) is 0 Å². The van der Waals surface area contributed by atoms with Crippen LogP contribution in [-0.2, 0) is 9.47 Å². The number of aromatic nitrogens is 3. The number of epoxide rings is 1. The number of anilines is 1. The number of ether oxygens (including phenoxy) is 2. The second kappa shape index (κ2) is 5.38. The highest BCUT2D eigenvalue weighted by molar-refractivity contribution is 6.32. The van der Waals surface area contributed by atoms with Crippen LogP contribution in [0.5, 0.6) is 0 Å². The summed E-state index contributed by atoms with van der Waals surface area (Å²) < 4.78 is 12.9. The lowest BCUT2D eigenvalue weighted by Crippen LogP contribution is -2.36. The van der Waals surface area contributed by atoms with E-state index in [4.69, 9.17) is 32.7 Å². The zero-order valence-electron chi connectivity index (χ0n) is 12.4. The predicted octanol–water partition coefficient (Wildman–Crippen LogP) is 3.49. The summed E-state index contributed by atoms with van der Waals surface area (Å²) in [6, 6.07) is 1.75. The molecule has 6 nitrogen and oxygen atoms in total. The van der Waals surface area contributed by atoms with Crippen molar-refractivity contribution in [1.82, 2.24) is 14.8 Å². The van der Waals surface area contributed by atoms with E-state index in [9.17, 15) is 0 Å². The molecule has 0 spiro atoms. The van der Waals surface area contributed by atoms with Crippen molar-refractivity contribution in [3.05, 3.63) is 34.8 Å². The largest absolute Gasteiger partial charge is 0.329 e. The smallest absolute Gasteiger partial charge is 0.275 e. The molecule has 8 heteroatoms. The lowest BCUT2D eigenvalue weighted by molar-refractivity contribution is -0.111. The Labute approximate surface area is 138 Å². The van der Waals surface area contributed by atoms with Crippen LogP contribution >= 0.6 is 23.2 Å². The van der Waals surface area contributed by atoms with Crippen LogP contribution in [-0.4, -0.2) is 32.9 Å². The van der Waals surface area contributed by atoms with E-state index >= 15 is 0 Å². The van der Waals surface area contributed by atoms with Crippen LogP contribution in [0.1, 0.15) is 20.8 Å². The highest BCUT2D eigenvalue weighted by atomic mass is 35.5. The number of hydrogen-bond acceptors (Lipinski definition) is 5. The average Bonchev–Trinajstić information content (AvgIpc) is 3.03. The molecule has 0 amide bonds. The number of nitrogens with zero attached hydrogens (tertiary/aromatic N) is 3. The van der Waals surface area contributed by atoms with Gasteiger partial charge >= 0.3 is 0 Å². The maximum atomic E-state index is 6.18. The molecule has 0 aromatic carbocycles. The minimum absolute atomic E-state index is 0.312. The van der Waals surface area contributed by atoms with Gasteiger partial charge in [-0.3, -0.25) is 4.98 Å². The summed E-state index contributed by atoms with van der Waals surface area (Å²) in [4.78, 5) is 4.03. The Morgan fingerprint density at radius 2 is 2.09 bits per heavy atom. The van der Waals surface area contributed by atoms with Crippen LogP contribution < -0.4 is 5.32 Å². The maximum Gasteiger partial charge on any atom is 0.275 e. The van der Waals surface area contributed by atoms with Gasteiger partial charge in [-0.2, -0.15) is 5.10 Å². The predicted molar refractivity (Wildman–Crippen MR) is 84.5 cm³/mol. The van der Waals surface area contributed by atoms with Gasteiger partial charge in [0.15, 0.2) is 5.15 Å². The number of nitrogens with one attached hydrogen (secondary N) is 1. The molecule has 3 heterocycles. The average molecular weight is 343 g/mol. The number of halogens is 2. The Morgan fingerprint density at radius 3 is 2.68 bits per heavy atom. The molecule has 1 N–H and O–H groups in total. The van der Waals surface area contributed by atoms with Crippen molar-refractivity contribution in [2.24, 2.45) is 0 Å². The van der Waals surface area contributed by atoms with Crippen LogP contribution in [0.2, 0.25) is 10.2 Å². The van der Waals surface area contributed by atoms with E-state index in [2.05, 4.69) is 15.4 Å². The lowest BCUT2D eigenvalue weighted by atomic mass is 10.2. The summed E-state index contributed by atoms with van der Waals surface area (Å²) >= 11 is 12.1. The number of pyridine rings is 1. The van der Waals surface area contributed by atoms with Crippen LogP contribution in [0.25, 0.3) is 5.69 Å². The third kappa shape index (κ3) is 3.52. The molecule has 118 valence electrons. The minimum atomic E-state index is -0.845. The molecule has 0 aliphatic carbocycles. The summed E-state index contributed by atoms with van der Waals surface area (Å²) in [7, 11) is 0. The van der Waals surface area contributed by atoms with Crippen LogP contribution in [0.4, 0.5) is 5.69 Å². The van der Waals surface area contributed by atoms with Crippen molar-refractivity contribution in [1.29, 1.82) is 0 Å². The van der Waals surface area contributed by atoms with Crippen molar-refractivity contribution >= 4 is 28.9 Å². The number of rotatable bonds is 4. The van der Waals surface area contributed by atoms with Crippen molar-refractivity contribution in [3.63, 3.8) is 0 Å². The minimum Gasteiger partial charge on any atom is -0.329 e. The van der Waals surface area contributed by atoms with Crippen molar-refractivity contribution < 1.29 is 9.47 Å². The maximum absolute atomic E-state index is 6.18. The molecule has 1 saturated heterocycles. The molecule has 2 aromatic rings.